The summed E-state index contributed by atoms with van der Waals surface area (Å²) in [6, 6.07) is 4.74. The van der Waals surface area contributed by atoms with Crippen LogP contribution >= 0.6 is 0 Å². The number of benzene rings is 1. The second-order valence-corrected chi connectivity index (χ2v) is 5.61. The monoisotopic (exact) mass is 302 g/mol. The zero-order valence-corrected chi connectivity index (χ0v) is 12.5. The second-order valence-electron chi connectivity index (χ2n) is 5.61. The molecule has 1 aromatic carbocycles. The number of aromatic amines is 1. The number of para-hydroxylation sites is 1. The number of aliphatic carboxylic acids is 1. The Labute approximate surface area is 127 Å². The third-order valence-electron chi connectivity index (χ3n) is 4.08. The Hall–Kier alpha value is -2.41. The molecule has 0 aliphatic carbocycles. The van der Waals surface area contributed by atoms with Crippen LogP contribution in [0, 0.1) is 6.92 Å². The Balaban J connectivity index is 1.91. The number of aromatic nitrogens is 2. The smallest absolute Gasteiger partial charge is 0.322 e. The summed E-state index contributed by atoms with van der Waals surface area (Å²) in [6.07, 6.45) is 0. The van der Waals surface area contributed by atoms with Gasteiger partial charge in [-0.25, -0.2) is 4.98 Å². The summed E-state index contributed by atoms with van der Waals surface area (Å²) in [7, 11) is 1.76. The minimum Gasteiger partial charge on any atom is -0.480 e. The molecule has 3 rings (SSSR count). The molecule has 1 aliphatic rings. The highest BCUT2D eigenvalue weighted by atomic mass is 16.4. The van der Waals surface area contributed by atoms with Crippen molar-refractivity contribution in [1.29, 1.82) is 0 Å². The van der Waals surface area contributed by atoms with Gasteiger partial charge < -0.3 is 15.0 Å². The number of hydrogen-bond donors (Lipinski definition) is 2. The van der Waals surface area contributed by atoms with E-state index in [0.717, 1.165) is 11.3 Å². The second kappa shape index (κ2) is 5.42. The lowest BCUT2D eigenvalue weighted by molar-refractivity contribution is -0.144. The summed E-state index contributed by atoms with van der Waals surface area (Å²) >= 11 is 0. The van der Waals surface area contributed by atoms with Gasteiger partial charge in [-0.15, -0.1) is 0 Å². The van der Waals surface area contributed by atoms with Crippen LogP contribution < -0.4 is 0 Å². The molecule has 1 aromatic heterocycles. The number of carboxylic acid groups (broad SMARTS) is 1. The molecule has 116 valence electrons. The molecule has 0 unspecified atom stereocenters. The van der Waals surface area contributed by atoms with Crippen LogP contribution in [0.4, 0.5) is 0 Å². The van der Waals surface area contributed by atoms with Gasteiger partial charge >= 0.3 is 5.97 Å². The van der Waals surface area contributed by atoms with Gasteiger partial charge in [0.2, 0.25) is 0 Å². The third kappa shape index (κ3) is 2.43. The lowest BCUT2D eigenvalue weighted by Crippen LogP contribution is -2.56. The van der Waals surface area contributed by atoms with E-state index in [9.17, 15) is 14.7 Å². The van der Waals surface area contributed by atoms with E-state index < -0.39 is 12.0 Å². The van der Waals surface area contributed by atoms with Crippen molar-refractivity contribution >= 4 is 22.9 Å². The first kappa shape index (κ1) is 14.5. The molecule has 1 aliphatic heterocycles. The molecular weight excluding hydrogens is 284 g/mol. The highest BCUT2D eigenvalue weighted by Gasteiger charge is 2.33. The molecule has 22 heavy (non-hydrogen) atoms. The largest absolute Gasteiger partial charge is 0.480 e. The summed E-state index contributed by atoms with van der Waals surface area (Å²) in [5, 5.41) is 9.26. The van der Waals surface area contributed by atoms with Crippen LogP contribution in [-0.4, -0.2) is 69.5 Å². The standard InChI is InChI=1S/C15H18N4O3/c1-9-16-11-5-3-4-10(13(11)17-9)14(20)19-7-6-18(2)12(8-19)15(21)22/h3-5,12H,6-8H2,1-2H3,(H,16,17)(H,21,22)/t12-/m0/s1. The molecule has 1 fully saturated rings. The van der Waals surface area contributed by atoms with Crippen LogP contribution in [0.15, 0.2) is 18.2 Å². The van der Waals surface area contributed by atoms with E-state index in [1.54, 1.807) is 29.0 Å². The van der Waals surface area contributed by atoms with E-state index in [2.05, 4.69) is 9.97 Å². The van der Waals surface area contributed by atoms with Crippen LogP contribution in [0.1, 0.15) is 16.2 Å². The maximum Gasteiger partial charge on any atom is 0.322 e. The predicted octanol–water partition coefficient (Wildman–Crippen LogP) is 0.712. The van der Waals surface area contributed by atoms with Gasteiger partial charge in [0.25, 0.3) is 5.91 Å². The summed E-state index contributed by atoms with van der Waals surface area (Å²) in [5.41, 5.74) is 1.96. The summed E-state index contributed by atoms with van der Waals surface area (Å²) in [6.45, 7) is 3.08. The first-order valence-electron chi connectivity index (χ1n) is 7.15. The fraction of sp³-hybridized carbons (Fsp3) is 0.400. The number of aryl methyl sites for hydroxylation is 1. The SMILES string of the molecule is Cc1nc2c(C(=O)N3CCN(C)[C@H](C(=O)O)C3)cccc2[nH]1. The number of piperazine rings is 1. The minimum absolute atomic E-state index is 0.170. The quantitative estimate of drug-likeness (QED) is 0.853. The number of H-pyrrole nitrogens is 1. The van der Waals surface area contributed by atoms with Gasteiger partial charge in [-0.2, -0.15) is 0 Å². The average molecular weight is 302 g/mol. The van der Waals surface area contributed by atoms with Crippen LogP contribution in [0.5, 0.6) is 0 Å². The molecule has 2 heterocycles. The first-order chi connectivity index (χ1) is 10.5. The van der Waals surface area contributed by atoms with E-state index in [0.29, 0.717) is 24.2 Å². The predicted molar refractivity (Wildman–Crippen MR) is 80.8 cm³/mol. The van der Waals surface area contributed by atoms with Gasteiger partial charge in [-0.1, -0.05) is 6.07 Å². The fourth-order valence-electron chi connectivity index (χ4n) is 2.82. The van der Waals surface area contributed by atoms with Crippen molar-refractivity contribution < 1.29 is 14.7 Å². The molecule has 0 bridgehead atoms. The van der Waals surface area contributed by atoms with Crippen molar-refractivity contribution in [1.82, 2.24) is 19.8 Å². The zero-order valence-electron chi connectivity index (χ0n) is 12.5. The average Bonchev–Trinajstić information content (AvgIpc) is 2.86. The first-order valence-corrected chi connectivity index (χ1v) is 7.15. The lowest BCUT2D eigenvalue weighted by atomic mass is 10.1. The van der Waals surface area contributed by atoms with Crippen molar-refractivity contribution in [3.05, 3.63) is 29.6 Å². The minimum atomic E-state index is -0.908. The molecule has 1 amide bonds. The van der Waals surface area contributed by atoms with Crippen LogP contribution in [-0.2, 0) is 4.79 Å². The molecule has 1 atom stereocenters. The van der Waals surface area contributed by atoms with Crippen molar-refractivity contribution in [2.75, 3.05) is 26.7 Å². The van der Waals surface area contributed by atoms with Crippen LogP contribution in [0.2, 0.25) is 0 Å². The highest BCUT2D eigenvalue weighted by Crippen LogP contribution is 2.20. The number of fused-ring (bicyclic) bond motifs is 1. The van der Waals surface area contributed by atoms with E-state index in [-0.39, 0.29) is 12.5 Å². The van der Waals surface area contributed by atoms with E-state index >= 15 is 0 Å². The Bertz CT molecular complexity index is 739. The lowest BCUT2D eigenvalue weighted by Gasteiger charge is -2.37. The van der Waals surface area contributed by atoms with E-state index in [1.165, 1.54) is 0 Å². The van der Waals surface area contributed by atoms with Crippen LogP contribution in [0.3, 0.4) is 0 Å². The Morgan fingerprint density at radius 2 is 2.14 bits per heavy atom. The van der Waals surface area contributed by atoms with E-state index in [4.69, 9.17) is 0 Å². The summed E-state index contributed by atoms with van der Waals surface area (Å²) in [5.74, 6) is -0.331. The maximum absolute atomic E-state index is 12.8. The summed E-state index contributed by atoms with van der Waals surface area (Å²) in [4.78, 5) is 34.9. The molecule has 7 nitrogen and oxygen atoms in total. The van der Waals surface area contributed by atoms with Gasteiger partial charge in [-0.05, 0) is 26.1 Å². The molecule has 2 aromatic rings. The Morgan fingerprint density at radius 1 is 1.36 bits per heavy atom. The number of likely N-dealkylation sites (N-methyl/N-ethyl adjacent to an activating group) is 1. The number of nitrogens with zero attached hydrogens (tertiary/aromatic N) is 3. The molecule has 0 spiro atoms. The molecule has 0 radical (unpaired) electrons. The number of carbonyl (C=O) groups is 2. The normalized spacial score (nSPS) is 19.5. The number of rotatable bonds is 2. The number of carboxylic acids is 1. The van der Waals surface area contributed by atoms with Gasteiger partial charge in [0.1, 0.15) is 17.4 Å². The molecule has 2 N–H and O–H groups in total. The van der Waals surface area contributed by atoms with Crippen molar-refractivity contribution in [3.63, 3.8) is 0 Å². The van der Waals surface area contributed by atoms with Gasteiger partial charge in [0, 0.05) is 19.6 Å². The van der Waals surface area contributed by atoms with Gasteiger partial charge in [-0.3, -0.25) is 14.5 Å². The number of carbonyl (C=O) groups excluding carboxylic acids is 1. The van der Waals surface area contributed by atoms with Crippen molar-refractivity contribution in [3.8, 4) is 0 Å². The maximum atomic E-state index is 12.8. The van der Waals surface area contributed by atoms with Gasteiger partial charge in [0.15, 0.2) is 0 Å². The van der Waals surface area contributed by atoms with Gasteiger partial charge in [0.05, 0.1) is 11.1 Å². The Morgan fingerprint density at radius 3 is 2.86 bits per heavy atom. The zero-order chi connectivity index (χ0) is 15.9. The Kier molecular flexibility index (Phi) is 3.58. The number of imidazole rings is 1. The summed E-state index contributed by atoms with van der Waals surface area (Å²) < 4.78 is 0. The topological polar surface area (TPSA) is 89.5 Å². The molecular formula is C15H18N4O3. The van der Waals surface area contributed by atoms with E-state index in [1.807, 2.05) is 13.0 Å². The fourth-order valence-corrected chi connectivity index (χ4v) is 2.82. The number of nitrogens with one attached hydrogen (secondary N) is 1. The molecule has 7 heteroatoms. The highest BCUT2D eigenvalue weighted by molar-refractivity contribution is 6.05. The third-order valence-corrected chi connectivity index (χ3v) is 4.08. The molecule has 0 saturated carbocycles. The van der Waals surface area contributed by atoms with Crippen molar-refractivity contribution in [2.45, 2.75) is 13.0 Å². The number of amides is 1. The van der Waals surface area contributed by atoms with Crippen molar-refractivity contribution in [2.24, 2.45) is 0 Å². The molecule has 1 saturated heterocycles. The van der Waals surface area contributed by atoms with Crippen LogP contribution in [0.25, 0.3) is 11.0 Å². The number of hydrogen-bond acceptors (Lipinski definition) is 4.